The molecule has 0 aliphatic carbocycles. The van der Waals surface area contributed by atoms with E-state index >= 15 is 0 Å². The van der Waals surface area contributed by atoms with E-state index in [0.717, 1.165) is 31.6 Å². The summed E-state index contributed by atoms with van der Waals surface area (Å²) < 4.78 is 13.6. The van der Waals surface area contributed by atoms with Crippen molar-refractivity contribution in [3.8, 4) is 0 Å². The molecule has 0 aromatic heterocycles. The van der Waals surface area contributed by atoms with Gasteiger partial charge < -0.3 is 5.32 Å². The lowest BCUT2D eigenvalue weighted by Crippen LogP contribution is -2.56. The smallest absolute Gasteiger partial charge is 0.142 e. The molecule has 1 aliphatic heterocycles. The van der Waals surface area contributed by atoms with Gasteiger partial charge in [-0.2, -0.15) is 0 Å². The quantitative estimate of drug-likeness (QED) is 0.881. The molecule has 21 heavy (non-hydrogen) atoms. The van der Waals surface area contributed by atoms with E-state index in [2.05, 4.69) is 31.0 Å². The van der Waals surface area contributed by atoms with Gasteiger partial charge in [0.25, 0.3) is 0 Å². The zero-order valence-corrected chi connectivity index (χ0v) is 14.0. The van der Waals surface area contributed by atoms with E-state index < -0.39 is 0 Å². The predicted molar refractivity (Wildman–Crippen MR) is 87.1 cm³/mol. The molecule has 1 fully saturated rings. The van der Waals surface area contributed by atoms with Gasteiger partial charge in [0.05, 0.1) is 5.02 Å². The van der Waals surface area contributed by atoms with Crippen LogP contribution in [0, 0.1) is 11.7 Å². The molecule has 0 spiro atoms. The first-order valence-corrected chi connectivity index (χ1v) is 8.28. The van der Waals surface area contributed by atoms with Crippen molar-refractivity contribution < 1.29 is 4.39 Å². The Bertz CT molecular complexity index is 464. The number of halogens is 2. The molecule has 1 heterocycles. The SMILES string of the molecule is CCC1CN(Cc2ccc(Cl)c(F)c2)C(CC(C)C)CN1. The molecule has 2 unspecified atom stereocenters. The Morgan fingerprint density at radius 2 is 2.19 bits per heavy atom. The topological polar surface area (TPSA) is 15.3 Å². The highest BCUT2D eigenvalue weighted by atomic mass is 35.5. The number of benzene rings is 1. The minimum Gasteiger partial charge on any atom is -0.311 e. The Kier molecular flexibility index (Phi) is 6.03. The summed E-state index contributed by atoms with van der Waals surface area (Å²) >= 11 is 5.77. The molecule has 0 amide bonds. The number of hydrogen-bond donors (Lipinski definition) is 1. The van der Waals surface area contributed by atoms with Gasteiger partial charge in [0.1, 0.15) is 5.82 Å². The maximum Gasteiger partial charge on any atom is 0.142 e. The predicted octanol–water partition coefficient (Wildman–Crippen LogP) is 4.08. The number of rotatable bonds is 5. The highest BCUT2D eigenvalue weighted by Gasteiger charge is 2.27. The van der Waals surface area contributed by atoms with Gasteiger partial charge >= 0.3 is 0 Å². The van der Waals surface area contributed by atoms with Crippen LogP contribution in [0.2, 0.25) is 5.02 Å². The molecule has 1 N–H and O–H groups in total. The van der Waals surface area contributed by atoms with E-state index in [1.807, 2.05) is 6.07 Å². The summed E-state index contributed by atoms with van der Waals surface area (Å²) in [5, 5.41) is 3.82. The van der Waals surface area contributed by atoms with Gasteiger partial charge in [-0.1, -0.05) is 38.4 Å². The normalized spacial score (nSPS) is 23.7. The van der Waals surface area contributed by atoms with E-state index in [1.54, 1.807) is 12.1 Å². The molecule has 4 heteroatoms. The summed E-state index contributed by atoms with van der Waals surface area (Å²) in [5.74, 6) is 0.344. The summed E-state index contributed by atoms with van der Waals surface area (Å²) in [6.45, 7) is 9.56. The third-order valence-corrected chi connectivity index (χ3v) is 4.53. The lowest BCUT2D eigenvalue weighted by molar-refractivity contribution is 0.105. The Balaban J connectivity index is 2.09. The van der Waals surface area contributed by atoms with E-state index in [4.69, 9.17) is 11.6 Å². The molecule has 118 valence electrons. The van der Waals surface area contributed by atoms with Crippen LogP contribution in [0.15, 0.2) is 18.2 Å². The van der Waals surface area contributed by atoms with Gasteiger partial charge in [-0.05, 0) is 36.5 Å². The van der Waals surface area contributed by atoms with Crippen LogP contribution >= 0.6 is 11.6 Å². The first-order chi connectivity index (χ1) is 9.99. The maximum atomic E-state index is 13.6. The highest BCUT2D eigenvalue weighted by molar-refractivity contribution is 6.30. The van der Waals surface area contributed by atoms with E-state index in [0.29, 0.717) is 18.0 Å². The van der Waals surface area contributed by atoms with Crippen LogP contribution in [-0.2, 0) is 6.54 Å². The largest absolute Gasteiger partial charge is 0.311 e. The summed E-state index contributed by atoms with van der Waals surface area (Å²) in [7, 11) is 0. The summed E-state index contributed by atoms with van der Waals surface area (Å²) in [5.41, 5.74) is 1.00. The molecule has 2 rings (SSSR count). The standard InChI is InChI=1S/C17H26ClFN2/c1-4-14-11-21(15(9-20-14)7-12(2)3)10-13-5-6-16(18)17(19)8-13/h5-6,8,12,14-15,20H,4,7,9-11H2,1-3H3. The van der Waals surface area contributed by atoms with Crippen molar-refractivity contribution in [2.45, 2.75) is 52.2 Å². The van der Waals surface area contributed by atoms with Crippen LogP contribution < -0.4 is 5.32 Å². The van der Waals surface area contributed by atoms with Crippen molar-refractivity contribution in [3.63, 3.8) is 0 Å². The van der Waals surface area contributed by atoms with Crippen molar-refractivity contribution in [2.24, 2.45) is 5.92 Å². The van der Waals surface area contributed by atoms with Gasteiger partial charge in [0, 0.05) is 31.7 Å². The lowest BCUT2D eigenvalue weighted by Gasteiger charge is -2.41. The Labute approximate surface area is 132 Å². The zero-order chi connectivity index (χ0) is 15.4. The van der Waals surface area contributed by atoms with Gasteiger partial charge in [0.15, 0.2) is 0 Å². The van der Waals surface area contributed by atoms with E-state index in [9.17, 15) is 4.39 Å². The molecule has 1 saturated heterocycles. The third-order valence-electron chi connectivity index (χ3n) is 4.22. The molecule has 1 aromatic carbocycles. The van der Waals surface area contributed by atoms with Crippen LogP contribution in [0.1, 0.15) is 39.2 Å². The molecular weight excluding hydrogens is 287 g/mol. The highest BCUT2D eigenvalue weighted by Crippen LogP contribution is 2.21. The Morgan fingerprint density at radius 1 is 1.43 bits per heavy atom. The molecule has 1 aliphatic rings. The van der Waals surface area contributed by atoms with Gasteiger partial charge in [-0.25, -0.2) is 4.39 Å². The monoisotopic (exact) mass is 312 g/mol. The van der Waals surface area contributed by atoms with E-state index in [1.165, 1.54) is 6.42 Å². The fourth-order valence-electron chi connectivity index (χ4n) is 3.04. The fourth-order valence-corrected chi connectivity index (χ4v) is 3.16. The van der Waals surface area contributed by atoms with Gasteiger partial charge in [-0.3, -0.25) is 4.90 Å². The molecular formula is C17H26ClFN2. The minimum atomic E-state index is -0.322. The van der Waals surface area contributed by atoms with Crippen molar-refractivity contribution in [3.05, 3.63) is 34.6 Å². The van der Waals surface area contributed by atoms with Crippen molar-refractivity contribution >= 4 is 11.6 Å². The Morgan fingerprint density at radius 3 is 2.81 bits per heavy atom. The minimum absolute atomic E-state index is 0.198. The Hall–Kier alpha value is -0.640. The summed E-state index contributed by atoms with van der Waals surface area (Å²) in [4.78, 5) is 2.49. The lowest BCUT2D eigenvalue weighted by atomic mass is 9.97. The average Bonchev–Trinajstić information content (AvgIpc) is 2.44. The van der Waals surface area contributed by atoms with Crippen LogP contribution in [0.5, 0.6) is 0 Å². The van der Waals surface area contributed by atoms with Crippen LogP contribution in [0.4, 0.5) is 4.39 Å². The van der Waals surface area contributed by atoms with E-state index in [-0.39, 0.29) is 10.8 Å². The van der Waals surface area contributed by atoms with Crippen molar-refractivity contribution in [1.82, 2.24) is 10.2 Å². The van der Waals surface area contributed by atoms with Crippen LogP contribution in [-0.4, -0.2) is 30.1 Å². The van der Waals surface area contributed by atoms with Gasteiger partial charge in [-0.15, -0.1) is 0 Å². The second-order valence-corrected chi connectivity index (χ2v) is 6.88. The second kappa shape index (κ2) is 7.57. The number of piperazine rings is 1. The second-order valence-electron chi connectivity index (χ2n) is 6.47. The zero-order valence-electron chi connectivity index (χ0n) is 13.2. The van der Waals surface area contributed by atoms with Gasteiger partial charge in [0.2, 0.25) is 0 Å². The number of hydrogen-bond acceptors (Lipinski definition) is 2. The number of nitrogens with zero attached hydrogens (tertiary/aromatic N) is 1. The first kappa shape index (κ1) is 16.7. The first-order valence-electron chi connectivity index (χ1n) is 7.91. The molecule has 2 atom stereocenters. The van der Waals surface area contributed by atoms with Crippen LogP contribution in [0.25, 0.3) is 0 Å². The molecule has 1 aromatic rings. The van der Waals surface area contributed by atoms with Crippen molar-refractivity contribution in [1.29, 1.82) is 0 Å². The van der Waals surface area contributed by atoms with Crippen molar-refractivity contribution in [2.75, 3.05) is 13.1 Å². The number of nitrogens with one attached hydrogen (secondary N) is 1. The summed E-state index contributed by atoms with van der Waals surface area (Å²) in [6, 6.07) is 6.21. The molecule has 0 saturated carbocycles. The third kappa shape index (κ3) is 4.67. The van der Waals surface area contributed by atoms with Crippen LogP contribution in [0.3, 0.4) is 0 Å². The fraction of sp³-hybridized carbons (Fsp3) is 0.647. The summed E-state index contributed by atoms with van der Waals surface area (Å²) in [6.07, 6.45) is 2.29. The molecule has 0 bridgehead atoms. The molecule has 2 nitrogen and oxygen atoms in total. The maximum absolute atomic E-state index is 13.6. The average molecular weight is 313 g/mol. The molecule has 0 radical (unpaired) electrons.